The molecule has 10 nitrogen and oxygen atoms in total. The average Bonchev–Trinajstić information content (AvgIpc) is 3.15. The molecule has 234 valence electrons. The molecule has 1 saturated carbocycles. The van der Waals surface area contributed by atoms with Crippen molar-refractivity contribution in [2.24, 2.45) is 17.3 Å². The van der Waals surface area contributed by atoms with Gasteiger partial charge in [0.05, 0.1) is 23.0 Å². The van der Waals surface area contributed by atoms with Crippen molar-refractivity contribution in [1.82, 2.24) is 0 Å². The van der Waals surface area contributed by atoms with Crippen LogP contribution in [0, 0.1) is 17.3 Å². The van der Waals surface area contributed by atoms with Gasteiger partial charge >= 0.3 is 23.9 Å². The molecule has 0 aliphatic heterocycles. The van der Waals surface area contributed by atoms with Crippen LogP contribution in [0.25, 0.3) is 0 Å². The lowest BCUT2D eigenvalue weighted by atomic mass is 9.75. The van der Waals surface area contributed by atoms with Gasteiger partial charge in [0.1, 0.15) is 18.0 Å². The van der Waals surface area contributed by atoms with Crippen molar-refractivity contribution in [3.05, 3.63) is 59.2 Å². The second kappa shape index (κ2) is 13.2. The molecule has 43 heavy (non-hydrogen) atoms. The lowest BCUT2D eigenvalue weighted by Gasteiger charge is -2.42. The van der Waals surface area contributed by atoms with Crippen LogP contribution in [-0.4, -0.2) is 64.8 Å². The van der Waals surface area contributed by atoms with E-state index in [1.807, 2.05) is 6.92 Å². The smallest absolute Gasteiger partial charge is 0.338 e. The summed E-state index contributed by atoms with van der Waals surface area (Å²) in [5.74, 6) is -4.25. The highest BCUT2D eigenvalue weighted by Crippen LogP contribution is 2.51. The fourth-order valence-electron chi connectivity index (χ4n) is 6.06. The van der Waals surface area contributed by atoms with Crippen LogP contribution in [0.15, 0.2) is 53.6 Å². The van der Waals surface area contributed by atoms with Gasteiger partial charge in [-0.2, -0.15) is 0 Å². The van der Waals surface area contributed by atoms with Gasteiger partial charge in [0.15, 0.2) is 11.7 Å². The minimum Gasteiger partial charge on any atom is -0.458 e. The molecule has 0 spiro atoms. The third-order valence-electron chi connectivity index (χ3n) is 8.36. The zero-order chi connectivity index (χ0) is 32.3. The van der Waals surface area contributed by atoms with Gasteiger partial charge in [0, 0.05) is 27.2 Å². The largest absolute Gasteiger partial charge is 0.458 e. The maximum Gasteiger partial charge on any atom is 0.338 e. The number of aliphatic hydroxyl groups excluding tert-OH is 1. The van der Waals surface area contributed by atoms with Gasteiger partial charge in [-0.05, 0) is 49.5 Å². The minimum absolute atomic E-state index is 0.119. The SMILES string of the molecule is CC(=O)O[C@@H]1CC(=O)C(C)(C)[C@@H](O)C=C(C)[C@H](OC(C)=O)[C@]2(OC(C)=O)C[C@@H](C)[C@H](OC(=O)c3ccccc3)[C@@H]2C=C1C. The second-order valence-electron chi connectivity index (χ2n) is 12.2. The number of esters is 4. The summed E-state index contributed by atoms with van der Waals surface area (Å²) in [4.78, 5) is 64.2. The first kappa shape index (κ1) is 33.7. The van der Waals surface area contributed by atoms with E-state index in [2.05, 4.69) is 0 Å². The molecule has 1 aromatic carbocycles. The van der Waals surface area contributed by atoms with Crippen LogP contribution in [0.4, 0.5) is 0 Å². The summed E-state index contributed by atoms with van der Waals surface area (Å²) in [7, 11) is 0. The quantitative estimate of drug-likeness (QED) is 0.296. The Morgan fingerprint density at radius 1 is 0.860 bits per heavy atom. The predicted molar refractivity (Wildman–Crippen MR) is 155 cm³/mol. The van der Waals surface area contributed by atoms with E-state index < -0.39 is 71.1 Å². The first-order valence-electron chi connectivity index (χ1n) is 14.4. The Morgan fingerprint density at radius 2 is 1.47 bits per heavy atom. The van der Waals surface area contributed by atoms with Gasteiger partial charge in [-0.3, -0.25) is 19.2 Å². The molecule has 0 amide bonds. The van der Waals surface area contributed by atoms with Gasteiger partial charge < -0.3 is 24.1 Å². The third kappa shape index (κ3) is 7.41. The number of aliphatic hydroxyl groups is 1. The molecule has 1 N–H and O–H groups in total. The van der Waals surface area contributed by atoms with E-state index in [1.165, 1.54) is 26.8 Å². The molecule has 1 fully saturated rings. The van der Waals surface area contributed by atoms with Crippen molar-refractivity contribution < 1.29 is 48.0 Å². The highest BCUT2D eigenvalue weighted by molar-refractivity contribution is 5.89. The summed E-state index contributed by atoms with van der Waals surface area (Å²) in [5, 5.41) is 11.3. The molecule has 0 heterocycles. The number of Topliss-reactive ketones (excluding diaryl/α,β-unsaturated/α-hetero) is 1. The topological polar surface area (TPSA) is 143 Å². The lowest BCUT2D eigenvalue weighted by molar-refractivity contribution is -0.186. The normalized spacial score (nSPS) is 30.8. The number of rotatable bonds is 5. The van der Waals surface area contributed by atoms with E-state index in [9.17, 15) is 29.1 Å². The van der Waals surface area contributed by atoms with Crippen molar-refractivity contribution in [1.29, 1.82) is 0 Å². The van der Waals surface area contributed by atoms with Crippen LogP contribution in [0.2, 0.25) is 0 Å². The summed E-state index contributed by atoms with van der Waals surface area (Å²) in [5.41, 5.74) is -1.80. The molecule has 2 aliphatic rings. The zero-order valence-electron chi connectivity index (χ0n) is 26.0. The summed E-state index contributed by atoms with van der Waals surface area (Å²) in [6.45, 7) is 11.9. The highest BCUT2D eigenvalue weighted by Gasteiger charge is 2.61. The number of hydrogen-bond acceptors (Lipinski definition) is 10. The van der Waals surface area contributed by atoms with Crippen molar-refractivity contribution in [2.45, 2.75) is 98.2 Å². The van der Waals surface area contributed by atoms with Crippen LogP contribution >= 0.6 is 0 Å². The molecule has 1 aromatic rings. The van der Waals surface area contributed by atoms with Crippen LogP contribution in [0.3, 0.4) is 0 Å². The van der Waals surface area contributed by atoms with Crippen molar-refractivity contribution >= 4 is 29.7 Å². The predicted octanol–water partition coefficient (Wildman–Crippen LogP) is 4.29. The maximum atomic E-state index is 13.5. The van der Waals surface area contributed by atoms with E-state index in [4.69, 9.17) is 18.9 Å². The van der Waals surface area contributed by atoms with Crippen LogP contribution in [0.5, 0.6) is 0 Å². The number of ketones is 1. The van der Waals surface area contributed by atoms with E-state index >= 15 is 0 Å². The van der Waals surface area contributed by atoms with Crippen molar-refractivity contribution in [2.75, 3.05) is 0 Å². The molecule has 0 saturated heterocycles. The fourth-order valence-corrected chi connectivity index (χ4v) is 6.06. The summed E-state index contributed by atoms with van der Waals surface area (Å²) >= 11 is 0. The number of hydrogen-bond donors (Lipinski definition) is 1. The molecule has 3 rings (SSSR count). The minimum atomic E-state index is -1.59. The number of carbonyl (C=O) groups is 5. The van der Waals surface area contributed by atoms with E-state index in [1.54, 1.807) is 64.1 Å². The van der Waals surface area contributed by atoms with Gasteiger partial charge in [-0.25, -0.2) is 4.79 Å². The highest BCUT2D eigenvalue weighted by atomic mass is 16.6. The first-order chi connectivity index (χ1) is 20.0. The van der Waals surface area contributed by atoms with Gasteiger partial charge in [0.25, 0.3) is 0 Å². The number of carbonyl (C=O) groups excluding carboxylic acids is 5. The number of fused-ring (bicyclic) bond motifs is 1. The lowest BCUT2D eigenvalue weighted by Crippen LogP contribution is -2.53. The average molecular weight is 599 g/mol. The van der Waals surface area contributed by atoms with Crippen molar-refractivity contribution in [3.8, 4) is 0 Å². The van der Waals surface area contributed by atoms with Crippen LogP contribution in [0.1, 0.15) is 78.6 Å². The molecule has 0 bridgehead atoms. The van der Waals surface area contributed by atoms with E-state index in [-0.39, 0.29) is 18.6 Å². The third-order valence-corrected chi connectivity index (χ3v) is 8.36. The molecule has 7 atom stereocenters. The maximum absolute atomic E-state index is 13.5. The molecule has 0 radical (unpaired) electrons. The Kier molecular flexibility index (Phi) is 10.4. The molecular formula is C33H42O10. The second-order valence-corrected chi connectivity index (χ2v) is 12.2. The Balaban J connectivity index is 2.33. The molecule has 10 heteroatoms. The first-order valence-corrected chi connectivity index (χ1v) is 14.4. The van der Waals surface area contributed by atoms with Crippen LogP contribution < -0.4 is 0 Å². The summed E-state index contributed by atoms with van der Waals surface area (Å²) in [6, 6.07) is 8.41. The summed E-state index contributed by atoms with van der Waals surface area (Å²) in [6.07, 6.45) is -1.48. The van der Waals surface area contributed by atoms with E-state index in [0.717, 1.165) is 0 Å². The fraction of sp³-hybridized carbons (Fsp3) is 0.545. The molecule has 0 unspecified atom stereocenters. The van der Waals surface area contributed by atoms with Crippen LogP contribution in [-0.2, 0) is 38.1 Å². The zero-order valence-corrected chi connectivity index (χ0v) is 26.0. The Hall–Kier alpha value is -3.79. The monoisotopic (exact) mass is 598 g/mol. The number of ether oxygens (including phenoxy) is 4. The van der Waals surface area contributed by atoms with Gasteiger partial charge in [0.2, 0.25) is 0 Å². The standard InChI is InChI=1S/C33H42O10/c1-18-14-25-29(42-31(39)24-12-10-9-11-13-24)20(3)17-33(25,43-23(6)36)30(41-22(5)35)19(2)15-27(37)32(7,8)28(38)16-26(18)40-21(4)34/h9-15,20,25-27,29-30,37H,16-17H2,1-8H3/t20-,25+,26-,27+,29+,30+,33+/m1/s1. The molecule has 0 aromatic heterocycles. The Labute approximate surface area is 252 Å². The summed E-state index contributed by atoms with van der Waals surface area (Å²) < 4.78 is 23.6. The van der Waals surface area contributed by atoms with Gasteiger partial charge in [-0.1, -0.05) is 51.1 Å². The van der Waals surface area contributed by atoms with E-state index in [0.29, 0.717) is 16.7 Å². The van der Waals surface area contributed by atoms with Gasteiger partial charge in [-0.15, -0.1) is 0 Å². The Morgan fingerprint density at radius 3 is 2.02 bits per heavy atom. The van der Waals surface area contributed by atoms with Crippen molar-refractivity contribution in [3.63, 3.8) is 0 Å². The molecule has 2 aliphatic carbocycles. The Bertz CT molecular complexity index is 1310. The number of benzene rings is 1. The molecular weight excluding hydrogens is 556 g/mol.